The van der Waals surface area contributed by atoms with Gasteiger partial charge >= 0.3 is 0 Å². The van der Waals surface area contributed by atoms with E-state index in [2.05, 4.69) is 15.5 Å². The predicted octanol–water partition coefficient (Wildman–Crippen LogP) is -0.415. The summed E-state index contributed by atoms with van der Waals surface area (Å²) in [6.45, 7) is 3.85. The molecule has 0 bridgehead atoms. The fourth-order valence-electron chi connectivity index (χ4n) is 1.61. The fraction of sp³-hybridized carbons (Fsp3) is 0.778. The number of rotatable bonds is 4. The molecule has 1 aliphatic heterocycles. The topological polar surface area (TPSA) is 61.2 Å². The zero-order valence-electron chi connectivity index (χ0n) is 8.85. The number of morpholine rings is 1. The van der Waals surface area contributed by atoms with Crippen molar-refractivity contribution in [1.82, 2.24) is 20.1 Å². The van der Waals surface area contributed by atoms with Gasteiger partial charge in [0.2, 0.25) is 0 Å². The summed E-state index contributed by atoms with van der Waals surface area (Å²) in [5.41, 5.74) is 0. The Morgan fingerprint density at radius 2 is 2.67 bits per heavy atom. The number of hydrogen-bond acceptors (Lipinski definition) is 5. The van der Waals surface area contributed by atoms with Gasteiger partial charge in [-0.05, 0) is 0 Å². The summed E-state index contributed by atoms with van der Waals surface area (Å²) in [6.07, 6.45) is 1.73. The fourth-order valence-corrected chi connectivity index (χ4v) is 1.61. The Morgan fingerprint density at radius 1 is 1.73 bits per heavy atom. The number of aromatic nitrogens is 3. The number of ether oxygens (including phenoxy) is 2. The third-order valence-electron chi connectivity index (χ3n) is 2.40. The molecule has 0 radical (unpaired) electrons. The molecule has 0 spiro atoms. The van der Waals surface area contributed by atoms with Crippen LogP contribution >= 0.6 is 0 Å². The van der Waals surface area contributed by atoms with Gasteiger partial charge in [-0.2, -0.15) is 0 Å². The summed E-state index contributed by atoms with van der Waals surface area (Å²) in [7, 11) is 1.68. The van der Waals surface area contributed by atoms with Crippen LogP contribution in [0, 0.1) is 0 Å². The molecule has 0 aliphatic carbocycles. The molecule has 0 aromatic carbocycles. The zero-order valence-corrected chi connectivity index (χ0v) is 8.85. The molecule has 0 saturated carbocycles. The Bertz CT molecular complexity index is 296. The number of nitrogens with one attached hydrogen (secondary N) is 1. The molecule has 1 fully saturated rings. The van der Waals surface area contributed by atoms with Gasteiger partial charge in [0.25, 0.3) is 0 Å². The smallest absolute Gasteiger partial charge is 0.163 e. The minimum atomic E-state index is 0.0121. The lowest BCUT2D eigenvalue weighted by molar-refractivity contribution is 0.0190. The molecule has 6 heteroatoms. The molecule has 2 heterocycles. The van der Waals surface area contributed by atoms with Gasteiger partial charge in [0.1, 0.15) is 12.4 Å². The predicted molar refractivity (Wildman–Crippen MR) is 53.5 cm³/mol. The van der Waals surface area contributed by atoms with Crippen LogP contribution in [-0.4, -0.2) is 48.2 Å². The van der Waals surface area contributed by atoms with Crippen molar-refractivity contribution in [2.45, 2.75) is 12.6 Å². The largest absolute Gasteiger partial charge is 0.383 e. The first-order valence-electron chi connectivity index (χ1n) is 5.11. The van der Waals surface area contributed by atoms with Crippen molar-refractivity contribution in [2.24, 2.45) is 0 Å². The van der Waals surface area contributed by atoms with E-state index in [9.17, 15) is 0 Å². The van der Waals surface area contributed by atoms with Crippen LogP contribution < -0.4 is 5.32 Å². The minimum absolute atomic E-state index is 0.0121. The summed E-state index contributed by atoms with van der Waals surface area (Å²) < 4.78 is 12.6. The molecule has 1 aromatic rings. The van der Waals surface area contributed by atoms with E-state index in [1.165, 1.54) is 0 Å². The maximum absolute atomic E-state index is 5.62. The van der Waals surface area contributed by atoms with E-state index in [0.29, 0.717) is 6.61 Å². The van der Waals surface area contributed by atoms with Gasteiger partial charge in [-0.1, -0.05) is 0 Å². The Balaban J connectivity index is 2.02. The van der Waals surface area contributed by atoms with Gasteiger partial charge in [0.05, 0.1) is 13.2 Å². The molecule has 1 aliphatic rings. The van der Waals surface area contributed by atoms with Crippen molar-refractivity contribution in [3.8, 4) is 0 Å². The van der Waals surface area contributed by atoms with Crippen LogP contribution in [0.25, 0.3) is 0 Å². The molecule has 1 unspecified atom stereocenters. The number of methoxy groups -OCH3 is 1. The molecule has 1 atom stereocenters. The third kappa shape index (κ3) is 2.53. The maximum Gasteiger partial charge on any atom is 0.163 e. The SMILES string of the molecule is COCCn1cnnc1C1CNCCO1. The van der Waals surface area contributed by atoms with Crippen molar-refractivity contribution in [3.63, 3.8) is 0 Å². The van der Waals surface area contributed by atoms with E-state index >= 15 is 0 Å². The Hall–Kier alpha value is -0.980. The van der Waals surface area contributed by atoms with Crippen molar-refractivity contribution in [1.29, 1.82) is 0 Å². The molecule has 1 N–H and O–H groups in total. The molecular formula is C9H16N4O2. The normalized spacial score (nSPS) is 21.8. The molecule has 1 saturated heterocycles. The van der Waals surface area contributed by atoms with E-state index in [0.717, 1.165) is 32.1 Å². The van der Waals surface area contributed by atoms with E-state index in [1.807, 2.05) is 4.57 Å². The molecule has 15 heavy (non-hydrogen) atoms. The summed E-state index contributed by atoms with van der Waals surface area (Å²) in [5.74, 6) is 0.874. The number of nitrogens with zero attached hydrogens (tertiary/aromatic N) is 3. The lowest BCUT2D eigenvalue weighted by Gasteiger charge is -2.23. The van der Waals surface area contributed by atoms with Gasteiger partial charge in [0, 0.05) is 26.7 Å². The number of hydrogen-bond donors (Lipinski definition) is 1. The highest BCUT2D eigenvalue weighted by molar-refractivity contribution is 4.94. The van der Waals surface area contributed by atoms with Crippen molar-refractivity contribution >= 4 is 0 Å². The molecular weight excluding hydrogens is 196 g/mol. The second-order valence-electron chi connectivity index (χ2n) is 3.44. The molecule has 84 valence electrons. The van der Waals surface area contributed by atoms with Crippen LogP contribution in [0.15, 0.2) is 6.33 Å². The van der Waals surface area contributed by atoms with Crippen molar-refractivity contribution in [3.05, 3.63) is 12.2 Å². The lowest BCUT2D eigenvalue weighted by Crippen LogP contribution is -2.34. The van der Waals surface area contributed by atoms with Gasteiger partial charge in [-0.3, -0.25) is 0 Å². The third-order valence-corrected chi connectivity index (χ3v) is 2.40. The zero-order chi connectivity index (χ0) is 10.5. The van der Waals surface area contributed by atoms with Gasteiger partial charge in [-0.15, -0.1) is 10.2 Å². The molecule has 0 amide bonds. The Morgan fingerprint density at radius 3 is 3.40 bits per heavy atom. The van der Waals surface area contributed by atoms with E-state index in [-0.39, 0.29) is 6.10 Å². The summed E-state index contributed by atoms with van der Waals surface area (Å²) in [4.78, 5) is 0. The summed E-state index contributed by atoms with van der Waals surface area (Å²) in [5, 5.41) is 11.3. The maximum atomic E-state index is 5.62. The quantitative estimate of drug-likeness (QED) is 0.735. The van der Waals surface area contributed by atoms with E-state index in [1.54, 1.807) is 13.4 Å². The minimum Gasteiger partial charge on any atom is -0.383 e. The van der Waals surface area contributed by atoms with Crippen LogP contribution in [0.2, 0.25) is 0 Å². The standard InChI is InChI=1S/C9H16N4O2/c1-14-5-3-13-7-11-12-9(13)8-6-10-2-4-15-8/h7-8,10H,2-6H2,1H3. The van der Waals surface area contributed by atoms with Crippen LogP contribution in [0.1, 0.15) is 11.9 Å². The van der Waals surface area contributed by atoms with Gasteiger partial charge in [0.15, 0.2) is 5.82 Å². The Labute approximate surface area is 88.6 Å². The first-order chi connectivity index (χ1) is 7.42. The van der Waals surface area contributed by atoms with Gasteiger partial charge in [-0.25, -0.2) is 0 Å². The first kappa shape index (κ1) is 10.5. The monoisotopic (exact) mass is 212 g/mol. The highest BCUT2D eigenvalue weighted by atomic mass is 16.5. The average Bonchev–Trinajstić information content (AvgIpc) is 2.75. The van der Waals surface area contributed by atoms with E-state index < -0.39 is 0 Å². The molecule has 6 nitrogen and oxygen atoms in total. The van der Waals surface area contributed by atoms with Crippen LogP contribution in [0.5, 0.6) is 0 Å². The van der Waals surface area contributed by atoms with E-state index in [4.69, 9.17) is 9.47 Å². The lowest BCUT2D eigenvalue weighted by atomic mass is 10.3. The Kier molecular flexibility index (Phi) is 3.65. The van der Waals surface area contributed by atoms with Crippen LogP contribution in [0.4, 0.5) is 0 Å². The van der Waals surface area contributed by atoms with Crippen LogP contribution in [0.3, 0.4) is 0 Å². The highest BCUT2D eigenvalue weighted by Gasteiger charge is 2.20. The molecule has 2 rings (SSSR count). The second kappa shape index (κ2) is 5.20. The van der Waals surface area contributed by atoms with Gasteiger partial charge < -0.3 is 19.4 Å². The highest BCUT2D eigenvalue weighted by Crippen LogP contribution is 2.15. The summed E-state index contributed by atoms with van der Waals surface area (Å²) >= 11 is 0. The van der Waals surface area contributed by atoms with Crippen molar-refractivity contribution in [2.75, 3.05) is 33.4 Å². The summed E-state index contributed by atoms with van der Waals surface area (Å²) in [6, 6.07) is 0. The average molecular weight is 212 g/mol. The van der Waals surface area contributed by atoms with Crippen LogP contribution in [-0.2, 0) is 16.0 Å². The van der Waals surface area contributed by atoms with Crippen molar-refractivity contribution < 1.29 is 9.47 Å². The second-order valence-corrected chi connectivity index (χ2v) is 3.44. The molecule has 1 aromatic heterocycles. The first-order valence-corrected chi connectivity index (χ1v) is 5.11.